The number of hydrogen-bond acceptors (Lipinski definition) is 7. The molecule has 0 bridgehead atoms. The number of likely N-dealkylation sites (tertiary alicyclic amines) is 1. The fourth-order valence-electron chi connectivity index (χ4n) is 3.92. The Balaban J connectivity index is 1.39. The van der Waals surface area contributed by atoms with Crippen molar-refractivity contribution in [2.45, 2.75) is 25.8 Å². The fourth-order valence-corrected chi connectivity index (χ4v) is 4.83. The molecular formula is C24H24F2N4O3S. The number of nitrogens with two attached hydrogens (primary N) is 1. The number of halogens is 2. The number of nitrogen functional groups attached to an aromatic ring is 1. The Kier molecular flexibility index (Phi) is 6.78. The van der Waals surface area contributed by atoms with Crippen molar-refractivity contribution >= 4 is 34.0 Å². The van der Waals surface area contributed by atoms with E-state index < -0.39 is 23.0 Å². The number of hydrogen-bond donors (Lipinski definition) is 2. The average Bonchev–Trinajstić information content (AvgIpc) is 3.19. The molecular weight excluding hydrogens is 462 g/mol. The highest BCUT2D eigenvalue weighted by atomic mass is 32.1. The van der Waals surface area contributed by atoms with Gasteiger partial charge in [-0.2, -0.15) is 0 Å². The van der Waals surface area contributed by atoms with Crippen LogP contribution in [0, 0.1) is 18.6 Å². The van der Waals surface area contributed by atoms with Gasteiger partial charge in [0.1, 0.15) is 28.1 Å². The number of thiazole rings is 1. The van der Waals surface area contributed by atoms with Gasteiger partial charge < -0.3 is 20.7 Å². The first-order valence-electron chi connectivity index (χ1n) is 10.7. The number of aryl methyl sites for hydroxylation is 1. The number of nitrogens with one attached hydrogen (secondary N) is 1. The Labute approximate surface area is 199 Å². The maximum Gasteiger partial charge on any atom is 0.253 e. The van der Waals surface area contributed by atoms with Gasteiger partial charge in [0.25, 0.3) is 5.91 Å². The van der Waals surface area contributed by atoms with Crippen LogP contribution in [0.1, 0.15) is 44.0 Å². The van der Waals surface area contributed by atoms with Crippen molar-refractivity contribution in [2.75, 3.05) is 31.2 Å². The average molecular weight is 487 g/mol. The lowest BCUT2D eigenvalue weighted by molar-refractivity contribution is 0.0718. The lowest BCUT2D eigenvalue weighted by Crippen LogP contribution is -2.42. The van der Waals surface area contributed by atoms with E-state index in [9.17, 15) is 18.4 Å². The molecule has 0 aliphatic carbocycles. The fraction of sp³-hybridized carbons (Fsp3) is 0.292. The molecule has 3 aromatic rings. The van der Waals surface area contributed by atoms with Crippen LogP contribution in [0.2, 0.25) is 0 Å². The molecule has 0 radical (unpaired) electrons. The summed E-state index contributed by atoms with van der Waals surface area (Å²) in [6.07, 6.45) is 1.33. The summed E-state index contributed by atoms with van der Waals surface area (Å²) in [5.74, 6) is -2.21. The van der Waals surface area contributed by atoms with Crippen LogP contribution >= 0.6 is 11.3 Å². The summed E-state index contributed by atoms with van der Waals surface area (Å²) in [6.45, 7) is 3.00. The van der Waals surface area contributed by atoms with Gasteiger partial charge in [0, 0.05) is 24.7 Å². The first-order valence-corrected chi connectivity index (χ1v) is 11.6. The molecule has 0 unspecified atom stereocenters. The zero-order valence-electron chi connectivity index (χ0n) is 18.7. The molecule has 10 heteroatoms. The standard InChI is InChI=1S/C24H24F2N4O3S/c1-13-6-7-14(12-18(13)33-2)23(32)30-10-8-15(9-11-30)28-24-29-22(27)21(34-24)20(31)19-16(25)4-3-5-17(19)26/h3-7,12,15H,8-11,27H2,1-2H3,(H,28,29). The van der Waals surface area contributed by atoms with Gasteiger partial charge in [0.05, 0.1) is 12.7 Å². The molecule has 178 valence electrons. The summed E-state index contributed by atoms with van der Waals surface area (Å²) in [6, 6.07) is 8.64. The van der Waals surface area contributed by atoms with Gasteiger partial charge in [-0.15, -0.1) is 0 Å². The van der Waals surface area contributed by atoms with Gasteiger partial charge >= 0.3 is 0 Å². The number of carbonyl (C=O) groups excluding carboxylic acids is 2. The Morgan fingerprint density at radius 2 is 1.85 bits per heavy atom. The normalized spacial score (nSPS) is 14.2. The van der Waals surface area contributed by atoms with E-state index in [0.29, 0.717) is 42.4 Å². The number of piperidine rings is 1. The molecule has 3 N–H and O–H groups in total. The zero-order valence-corrected chi connectivity index (χ0v) is 19.5. The van der Waals surface area contributed by atoms with Gasteiger partial charge in [-0.1, -0.05) is 23.5 Å². The molecule has 0 atom stereocenters. The second-order valence-electron chi connectivity index (χ2n) is 8.05. The number of rotatable bonds is 6. The Bertz CT molecular complexity index is 1220. The third-order valence-electron chi connectivity index (χ3n) is 5.81. The monoisotopic (exact) mass is 486 g/mol. The Morgan fingerprint density at radius 1 is 1.18 bits per heavy atom. The largest absolute Gasteiger partial charge is 0.496 e. The van der Waals surface area contributed by atoms with Gasteiger partial charge in [-0.25, -0.2) is 13.8 Å². The summed E-state index contributed by atoms with van der Waals surface area (Å²) in [7, 11) is 1.57. The van der Waals surface area contributed by atoms with E-state index >= 15 is 0 Å². The molecule has 1 fully saturated rings. The minimum Gasteiger partial charge on any atom is -0.496 e. The number of methoxy groups -OCH3 is 1. The number of amides is 1. The number of anilines is 2. The minimum absolute atomic E-state index is 0.00954. The van der Waals surface area contributed by atoms with Crippen LogP contribution in [0.25, 0.3) is 0 Å². The maximum atomic E-state index is 14.0. The summed E-state index contributed by atoms with van der Waals surface area (Å²) in [4.78, 5) is 31.5. The van der Waals surface area contributed by atoms with Crippen LogP contribution in [0.3, 0.4) is 0 Å². The topological polar surface area (TPSA) is 97.6 Å². The third-order valence-corrected chi connectivity index (χ3v) is 6.82. The second-order valence-corrected chi connectivity index (χ2v) is 9.05. The summed E-state index contributed by atoms with van der Waals surface area (Å²) < 4.78 is 33.3. The quantitative estimate of drug-likeness (QED) is 0.505. The highest BCUT2D eigenvalue weighted by Gasteiger charge is 2.27. The number of ketones is 1. The van der Waals surface area contributed by atoms with E-state index in [2.05, 4.69) is 10.3 Å². The van der Waals surface area contributed by atoms with Gasteiger partial charge in [0.2, 0.25) is 5.78 Å². The predicted molar refractivity (Wildman–Crippen MR) is 127 cm³/mol. The Morgan fingerprint density at radius 3 is 2.50 bits per heavy atom. The molecule has 2 aromatic carbocycles. The third kappa shape index (κ3) is 4.72. The Hall–Kier alpha value is -3.53. The van der Waals surface area contributed by atoms with Crippen molar-refractivity contribution in [3.05, 3.63) is 69.6 Å². The number of benzene rings is 2. The molecule has 0 spiro atoms. The van der Waals surface area contributed by atoms with E-state index in [1.165, 1.54) is 6.07 Å². The molecule has 1 aliphatic rings. The maximum absolute atomic E-state index is 14.0. The van der Waals surface area contributed by atoms with E-state index in [1.807, 2.05) is 13.0 Å². The van der Waals surface area contributed by atoms with Crippen molar-refractivity contribution in [3.8, 4) is 5.75 Å². The second kappa shape index (κ2) is 9.76. The number of aromatic nitrogens is 1. The molecule has 1 saturated heterocycles. The van der Waals surface area contributed by atoms with Crippen molar-refractivity contribution < 1.29 is 23.1 Å². The van der Waals surface area contributed by atoms with E-state index in [1.54, 1.807) is 24.1 Å². The first kappa shape index (κ1) is 23.6. The van der Waals surface area contributed by atoms with Crippen molar-refractivity contribution in [3.63, 3.8) is 0 Å². The van der Waals surface area contributed by atoms with Crippen molar-refractivity contribution in [1.29, 1.82) is 0 Å². The van der Waals surface area contributed by atoms with Crippen LogP contribution in [0.15, 0.2) is 36.4 Å². The molecule has 1 aliphatic heterocycles. The van der Waals surface area contributed by atoms with Gasteiger partial charge in [0.15, 0.2) is 5.13 Å². The van der Waals surface area contributed by atoms with Crippen LogP contribution in [-0.4, -0.2) is 47.8 Å². The number of nitrogens with zero attached hydrogens (tertiary/aromatic N) is 2. The van der Waals surface area contributed by atoms with Crippen LogP contribution < -0.4 is 15.8 Å². The van der Waals surface area contributed by atoms with Crippen LogP contribution in [-0.2, 0) is 0 Å². The lowest BCUT2D eigenvalue weighted by Gasteiger charge is -2.32. The van der Waals surface area contributed by atoms with E-state index in [4.69, 9.17) is 10.5 Å². The van der Waals surface area contributed by atoms with Crippen molar-refractivity contribution in [2.24, 2.45) is 0 Å². The summed E-state index contributed by atoms with van der Waals surface area (Å²) >= 11 is 0.958. The molecule has 34 heavy (non-hydrogen) atoms. The minimum atomic E-state index is -0.949. The molecule has 2 heterocycles. The lowest BCUT2D eigenvalue weighted by atomic mass is 10.0. The highest BCUT2D eigenvalue weighted by molar-refractivity contribution is 7.18. The molecule has 1 aromatic heterocycles. The first-order chi connectivity index (χ1) is 16.3. The van der Waals surface area contributed by atoms with Gasteiger partial charge in [-0.05, 0) is 49.6 Å². The van der Waals surface area contributed by atoms with Crippen LogP contribution in [0.4, 0.5) is 19.7 Å². The molecule has 7 nitrogen and oxygen atoms in total. The summed E-state index contributed by atoms with van der Waals surface area (Å²) in [5.41, 5.74) is 6.76. The number of carbonyl (C=O) groups is 2. The molecule has 1 amide bonds. The molecule has 0 saturated carbocycles. The highest BCUT2D eigenvalue weighted by Crippen LogP contribution is 2.31. The van der Waals surface area contributed by atoms with Crippen molar-refractivity contribution in [1.82, 2.24) is 9.88 Å². The SMILES string of the molecule is COc1cc(C(=O)N2CCC(Nc3nc(N)c(C(=O)c4c(F)cccc4F)s3)CC2)ccc1C. The predicted octanol–water partition coefficient (Wildman–Crippen LogP) is 4.27. The zero-order chi connectivity index (χ0) is 24.4. The number of ether oxygens (including phenoxy) is 1. The van der Waals surface area contributed by atoms with E-state index in [-0.39, 0.29) is 22.6 Å². The summed E-state index contributed by atoms with van der Waals surface area (Å²) in [5, 5.41) is 3.63. The smallest absolute Gasteiger partial charge is 0.253 e. The van der Waals surface area contributed by atoms with Gasteiger partial charge in [-0.3, -0.25) is 9.59 Å². The van der Waals surface area contributed by atoms with E-state index in [0.717, 1.165) is 29.0 Å². The van der Waals surface area contributed by atoms with Crippen LogP contribution in [0.5, 0.6) is 5.75 Å². The molecule has 4 rings (SSSR count).